The predicted molar refractivity (Wildman–Crippen MR) is 109 cm³/mol. The number of benzene rings is 2. The number of hydrogen-bond donors (Lipinski definition) is 1. The van der Waals surface area contributed by atoms with Gasteiger partial charge in [-0.15, -0.1) is 16.4 Å². The van der Waals surface area contributed by atoms with Crippen molar-refractivity contribution in [2.45, 2.75) is 13.3 Å². The van der Waals surface area contributed by atoms with Crippen LogP contribution in [-0.2, 0) is 6.42 Å². The second-order valence-electron chi connectivity index (χ2n) is 6.21. The lowest BCUT2D eigenvalue weighted by atomic mass is 10.1. The number of amides is 1. The summed E-state index contributed by atoms with van der Waals surface area (Å²) in [5, 5.41) is 10.0. The third-order valence-electron chi connectivity index (χ3n) is 4.21. The van der Waals surface area contributed by atoms with Crippen molar-refractivity contribution in [3.05, 3.63) is 75.8 Å². The molecule has 0 atom stereocenters. The van der Waals surface area contributed by atoms with Gasteiger partial charge in [0.05, 0.1) is 16.3 Å². The highest BCUT2D eigenvalue weighted by molar-refractivity contribution is 7.15. The molecule has 0 fully saturated rings. The molecular formula is C20H17ClN4OS. The molecule has 0 aliphatic carbocycles. The molecule has 0 radical (unpaired) electrons. The van der Waals surface area contributed by atoms with Gasteiger partial charge in [-0.2, -0.15) is 4.98 Å². The molecule has 2 heterocycles. The molecule has 0 saturated heterocycles. The second-order valence-corrected chi connectivity index (χ2v) is 7.46. The number of halogens is 1. The zero-order valence-electron chi connectivity index (χ0n) is 14.6. The lowest BCUT2D eigenvalue weighted by Gasteiger charge is -2.06. The highest BCUT2D eigenvalue weighted by Crippen LogP contribution is 2.22. The minimum absolute atomic E-state index is 0.175. The van der Waals surface area contributed by atoms with Gasteiger partial charge in [0.1, 0.15) is 0 Å². The zero-order valence-corrected chi connectivity index (χ0v) is 16.2. The molecule has 4 aromatic rings. The van der Waals surface area contributed by atoms with E-state index in [2.05, 4.69) is 34.5 Å². The summed E-state index contributed by atoms with van der Waals surface area (Å²) in [6.07, 6.45) is 0.660. The summed E-state index contributed by atoms with van der Waals surface area (Å²) >= 11 is 7.61. The Bertz CT molecular complexity index is 1120. The van der Waals surface area contributed by atoms with Crippen molar-refractivity contribution in [2.24, 2.45) is 0 Å². The first-order valence-corrected chi connectivity index (χ1v) is 9.80. The van der Waals surface area contributed by atoms with Gasteiger partial charge in [-0.1, -0.05) is 47.5 Å². The van der Waals surface area contributed by atoms with Gasteiger partial charge >= 0.3 is 0 Å². The lowest BCUT2D eigenvalue weighted by Crippen LogP contribution is -2.26. The molecular weight excluding hydrogens is 380 g/mol. The maximum absolute atomic E-state index is 12.3. The third-order valence-corrected chi connectivity index (χ3v) is 5.41. The number of rotatable bonds is 5. The van der Waals surface area contributed by atoms with E-state index in [4.69, 9.17) is 11.6 Å². The molecule has 0 bridgehead atoms. The Kier molecular flexibility index (Phi) is 4.92. The van der Waals surface area contributed by atoms with Gasteiger partial charge in [0.2, 0.25) is 4.96 Å². The molecule has 7 heteroatoms. The first-order valence-electron chi connectivity index (χ1n) is 8.55. The van der Waals surface area contributed by atoms with E-state index in [1.165, 1.54) is 5.56 Å². The Morgan fingerprint density at radius 2 is 2.07 bits per heavy atom. The average molecular weight is 397 g/mol. The maximum atomic E-state index is 12.3. The molecule has 0 spiro atoms. The van der Waals surface area contributed by atoms with E-state index in [0.717, 1.165) is 16.2 Å². The molecule has 0 unspecified atom stereocenters. The van der Waals surface area contributed by atoms with E-state index >= 15 is 0 Å². The molecule has 136 valence electrons. The van der Waals surface area contributed by atoms with Crippen molar-refractivity contribution in [3.8, 4) is 11.4 Å². The number of nitrogens with zero attached hydrogens (tertiary/aromatic N) is 3. The van der Waals surface area contributed by atoms with Crippen LogP contribution in [0.5, 0.6) is 0 Å². The minimum atomic E-state index is -0.175. The summed E-state index contributed by atoms with van der Waals surface area (Å²) < 4.78 is 1.85. The van der Waals surface area contributed by atoms with Crippen LogP contribution >= 0.6 is 22.9 Å². The van der Waals surface area contributed by atoms with Gasteiger partial charge in [-0.25, -0.2) is 4.52 Å². The predicted octanol–water partition coefficient (Wildman–Crippen LogP) is 4.39. The van der Waals surface area contributed by atoms with Crippen LogP contribution in [0.2, 0.25) is 5.02 Å². The fraction of sp³-hybridized carbons (Fsp3) is 0.150. The van der Waals surface area contributed by atoms with Crippen molar-refractivity contribution >= 4 is 33.8 Å². The largest absolute Gasteiger partial charge is 0.352 e. The van der Waals surface area contributed by atoms with Crippen LogP contribution in [-0.4, -0.2) is 27.0 Å². The van der Waals surface area contributed by atoms with Crippen LogP contribution in [0.1, 0.15) is 21.6 Å². The van der Waals surface area contributed by atoms with Gasteiger partial charge in [0, 0.05) is 23.9 Å². The first kappa shape index (κ1) is 17.7. The van der Waals surface area contributed by atoms with Crippen LogP contribution in [0, 0.1) is 6.92 Å². The standard InChI is InChI=1S/C20H17ClN4OS/c1-13-5-4-6-14(11-13)18-23-20-25(24-18)15(12-27-20)9-10-22-19(26)16-7-2-3-8-17(16)21/h2-8,11-12H,9-10H2,1H3,(H,22,26). The minimum Gasteiger partial charge on any atom is -0.352 e. The molecule has 5 nitrogen and oxygen atoms in total. The van der Waals surface area contributed by atoms with Crippen LogP contribution in [0.4, 0.5) is 0 Å². The number of nitrogens with one attached hydrogen (secondary N) is 1. The summed E-state index contributed by atoms with van der Waals surface area (Å²) in [4.78, 5) is 17.7. The number of carbonyl (C=O) groups is 1. The monoisotopic (exact) mass is 396 g/mol. The molecule has 1 N–H and O–H groups in total. The zero-order chi connectivity index (χ0) is 18.8. The van der Waals surface area contributed by atoms with Crippen LogP contribution in [0.25, 0.3) is 16.3 Å². The maximum Gasteiger partial charge on any atom is 0.252 e. The molecule has 2 aromatic carbocycles. The lowest BCUT2D eigenvalue weighted by molar-refractivity contribution is 0.0954. The number of hydrogen-bond acceptors (Lipinski definition) is 4. The molecule has 1 amide bonds. The van der Waals surface area contributed by atoms with Gasteiger partial charge in [0.15, 0.2) is 5.82 Å². The second kappa shape index (κ2) is 7.50. The molecule has 2 aromatic heterocycles. The highest BCUT2D eigenvalue weighted by Gasteiger charge is 2.13. The summed E-state index contributed by atoms with van der Waals surface area (Å²) in [7, 11) is 0. The van der Waals surface area contributed by atoms with Crippen molar-refractivity contribution in [2.75, 3.05) is 6.54 Å². The summed E-state index contributed by atoms with van der Waals surface area (Å²) in [6.45, 7) is 2.55. The van der Waals surface area contributed by atoms with E-state index in [0.29, 0.717) is 29.4 Å². The van der Waals surface area contributed by atoms with Gasteiger partial charge in [0.25, 0.3) is 5.91 Å². The van der Waals surface area contributed by atoms with Crippen LogP contribution in [0.15, 0.2) is 53.9 Å². The number of aryl methyl sites for hydroxylation is 1. The van der Waals surface area contributed by atoms with Crippen molar-refractivity contribution in [3.63, 3.8) is 0 Å². The molecule has 0 saturated carbocycles. The quantitative estimate of drug-likeness (QED) is 0.544. The van der Waals surface area contributed by atoms with Crippen LogP contribution in [0.3, 0.4) is 0 Å². The number of fused-ring (bicyclic) bond motifs is 1. The smallest absolute Gasteiger partial charge is 0.252 e. The molecule has 0 aliphatic rings. The Hall–Kier alpha value is -2.70. The molecule has 27 heavy (non-hydrogen) atoms. The first-order chi connectivity index (χ1) is 13.1. The van der Waals surface area contributed by atoms with Gasteiger partial charge < -0.3 is 5.32 Å². The number of thiazole rings is 1. The average Bonchev–Trinajstić information content (AvgIpc) is 3.24. The Labute approximate surface area is 165 Å². The van der Waals surface area contributed by atoms with Crippen molar-refractivity contribution in [1.29, 1.82) is 0 Å². The molecule has 0 aliphatic heterocycles. The van der Waals surface area contributed by atoms with Crippen molar-refractivity contribution in [1.82, 2.24) is 19.9 Å². The van der Waals surface area contributed by atoms with Gasteiger partial charge in [-0.3, -0.25) is 4.79 Å². The highest BCUT2D eigenvalue weighted by atomic mass is 35.5. The Morgan fingerprint density at radius 1 is 1.22 bits per heavy atom. The van der Waals surface area contributed by atoms with Crippen LogP contribution < -0.4 is 5.32 Å². The summed E-state index contributed by atoms with van der Waals surface area (Å²) in [5.41, 5.74) is 3.68. The SMILES string of the molecule is Cc1cccc(-c2nc3scc(CCNC(=O)c4ccccc4Cl)n3n2)c1. The number of aromatic nitrogens is 3. The van der Waals surface area contributed by atoms with E-state index in [1.54, 1.807) is 35.6 Å². The number of carbonyl (C=O) groups excluding carboxylic acids is 1. The summed E-state index contributed by atoms with van der Waals surface area (Å²) in [6, 6.07) is 15.2. The third kappa shape index (κ3) is 3.72. The fourth-order valence-corrected chi connectivity index (χ4v) is 3.93. The van der Waals surface area contributed by atoms with E-state index < -0.39 is 0 Å². The van der Waals surface area contributed by atoms with Crippen molar-refractivity contribution < 1.29 is 4.79 Å². The Morgan fingerprint density at radius 3 is 2.89 bits per heavy atom. The molecule has 4 rings (SSSR count). The normalized spacial score (nSPS) is 11.0. The topological polar surface area (TPSA) is 59.3 Å². The van der Waals surface area contributed by atoms with E-state index in [-0.39, 0.29) is 5.91 Å². The fourth-order valence-electron chi connectivity index (χ4n) is 2.85. The van der Waals surface area contributed by atoms with E-state index in [9.17, 15) is 4.79 Å². The van der Waals surface area contributed by atoms with Gasteiger partial charge in [-0.05, 0) is 25.1 Å². The van der Waals surface area contributed by atoms with E-state index in [1.807, 2.05) is 22.0 Å². The summed E-state index contributed by atoms with van der Waals surface area (Å²) in [5.74, 6) is 0.540. The Balaban J connectivity index is 1.47.